The van der Waals surface area contributed by atoms with Gasteiger partial charge in [0.05, 0.1) is 11.6 Å². The van der Waals surface area contributed by atoms with Gasteiger partial charge in [-0.1, -0.05) is 23.8 Å². The minimum Gasteiger partial charge on any atom is -0.377 e. The quantitative estimate of drug-likeness (QED) is 0.829. The summed E-state index contributed by atoms with van der Waals surface area (Å²) in [5.74, 6) is -0.144. The molecule has 2 saturated heterocycles. The normalized spacial score (nSPS) is 21.2. The molecule has 2 fully saturated rings. The van der Waals surface area contributed by atoms with Gasteiger partial charge in [-0.3, -0.25) is 4.79 Å². The highest BCUT2D eigenvalue weighted by Gasteiger charge is 2.55. The van der Waals surface area contributed by atoms with Crippen LogP contribution < -0.4 is 4.90 Å². The molecule has 0 bridgehead atoms. The first kappa shape index (κ1) is 18.0. The molecule has 0 radical (unpaired) electrons. The maximum atomic E-state index is 13.7. The number of anilines is 1. The van der Waals surface area contributed by atoms with Crippen LogP contribution in [0.25, 0.3) is 0 Å². The van der Waals surface area contributed by atoms with E-state index in [2.05, 4.69) is 4.90 Å². The van der Waals surface area contributed by atoms with Crippen molar-refractivity contribution >= 4 is 11.6 Å². The Morgan fingerprint density at radius 3 is 2.56 bits per heavy atom. The number of piperidine rings is 1. The monoisotopic (exact) mass is 368 g/mol. The van der Waals surface area contributed by atoms with Gasteiger partial charge in [0, 0.05) is 38.0 Å². The number of hydrogen-bond donors (Lipinski definition) is 0. The number of ether oxygens (including phenoxy) is 1. The van der Waals surface area contributed by atoms with E-state index in [1.165, 1.54) is 6.07 Å². The fraction of sp³-hybridized carbons (Fsp3) is 0.409. The average Bonchev–Trinajstić information content (AvgIpc) is 2.67. The summed E-state index contributed by atoms with van der Waals surface area (Å²) in [7, 11) is 1.74. The van der Waals surface area contributed by atoms with Crippen molar-refractivity contribution in [3.8, 4) is 0 Å². The Balaban J connectivity index is 1.51. The summed E-state index contributed by atoms with van der Waals surface area (Å²) < 4.78 is 19.4. The molecule has 0 aromatic heterocycles. The van der Waals surface area contributed by atoms with Crippen molar-refractivity contribution in [3.63, 3.8) is 0 Å². The number of benzene rings is 2. The van der Waals surface area contributed by atoms with E-state index in [-0.39, 0.29) is 23.4 Å². The van der Waals surface area contributed by atoms with Gasteiger partial charge >= 0.3 is 0 Å². The van der Waals surface area contributed by atoms with Crippen LogP contribution in [0.4, 0.5) is 10.1 Å². The maximum absolute atomic E-state index is 13.7. The van der Waals surface area contributed by atoms with Crippen molar-refractivity contribution in [1.82, 2.24) is 4.90 Å². The van der Waals surface area contributed by atoms with Gasteiger partial charge < -0.3 is 14.5 Å². The van der Waals surface area contributed by atoms with E-state index in [1.807, 2.05) is 42.2 Å². The van der Waals surface area contributed by atoms with Gasteiger partial charge in [-0.15, -0.1) is 0 Å². The lowest BCUT2D eigenvalue weighted by Crippen LogP contribution is -2.74. The first-order valence-electron chi connectivity index (χ1n) is 9.45. The number of amides is 1. The maximum Gasteiger partial charge on any atom is 0.253 e. The predicted octanol–water partition coefficient (Wildman–Crippen LogP) is 3.64. The Labute approximate surface area is 159 Å². The second-order valence-electron chi connectivity index (χ2n) is 7.58. The van der Waals surface area contributed by atoms with Gasteiger partial charge in [0.15, 0.2) is 0 Å². The molecule has 0 N–H and O–H groups in total. The third-order valence-corrected chi connectivity index (χ3v) is 6.07. The summed E-state index contributed by atoms with van der Waals surface area (Å²) >= 11 is 0. The highest BCUT2D eigenvalue weighted by molar-refractivity contribution is 5.94. The molecule has 2 aliphatic heterocycles. The van der Waals surface area contributed by atoms with Crippen molar-refractivity contribution < 1.29 is 13.9 Å². The summed E-state index contributed by atoms with van der Waals surface area (Å²) in [5.41, 5.74) is 2.56. The zero-order chi connectivity index (χ0) is 19.0. The molecule has 142 valence electrons. The van der Waals surface area contributed by atoms with E-state index >= 15 is 0 Å². The van der Waals surface area contributed by atoms with Crippen molar-refractivity contribution in [2.45, 2.75) is 31.4 Å². The van der Waals surface area contributed by atoms with Crippen LogP contribution in [0, 0.1) is 12.7 Å². The van der Waals surface area contributed by atoms with E-state index in [9.17, 15) is 9.18 Å². The molecule has 1 amide bonds. The van der Waals surface area contributed by atoms with Gasteiger partial charge in [0.25, 0.3) is 5.91 Å². The highest BCUT2D eigenvalue weighted by atomic mass is 19.1. The Kier molecular flexibility index (Phi) is 4.64. The second-order valence-corrected chi connectivity index (χ2v) is 7.58. The molecule has 4 rings (SSSR count). The van der Waals surface area contributed by atoms with Crippen LogP contribution in [-0.2, 0) is 4.74 Å². The Bertz CT molecular complexity index is 846. The number of hydrogen-bond acceptors (Lipinski definition) is 3. The minimum absolute atomic E-state index is 0.0825. The smallest absolute Gasteiger partial charge is 0.253 e. The molecule has 27 heavy (non-hydrogen) atoms. The summed E-state index contributed by atoms with van der Waals surface area (Å²) in [6.07, 6.45) is 1.75. The van der Waals surface area contributed by atoms with Crippen LogP contribution in [-0.4, -0.2) is 49.2 Å². The molecule has 1 atom stereocenters. The molecular formula is C22H25FN2O2. The third kappa shape index (κ3) is 3.10. The zero-order valence-corrected chi connectivity index (χ0v) is 15.8. The average molecular weight is 368 g/mol. The van der Waals surface area contributed by atoms with Gasteiger partial charge in [-0.25, -0.2) is 4.39 Å². The topological polar surface area (TPSA) is 32.8 Å². The molecule has 2 aromatic rings. The van der Waals surface area contributed by atoms with Crippen molar-refractivity contribution in [3.05, 3.63) is 65.5 Å². The van der Waals surface area contributed by atoms with Crippen molar-refractivity contribution in [1.29, 1.82) is 0 Å². The molecule has 0 aliphatic carbocycles. The van der Waals surface area contributed by atoms with Gasteiger partial charge in [-0.2, -0.15) is 0 Å². The van der Waals surface area contributed by atoms with E-state index in [4.69, 9.17) is 4.74 Å². The van der Waals surface area contributed by atoms with Crippen molar-refractivity contribution in [2.24, 2.45) is 0 Å². The SMILES string of the molecule is COC1CN(c2cccc(F)c2)C12CCN(C(=O)c1cccc(C)c1)CC2. The van der Waals surface area contributed by atoms with Crippen LogP contribution in [0.1, 0.15) is 28.8 Å². The lowest BCUT2D eigenvalue weighted by Gasteiger charge is -2.61. The van der Waals surface area contributed by atoms with Gasteiger partial charge in [0.2, 0.25) is 0 Å². The largest absolute Gasteiger partial charge is 0.377 e. The lowest BCUT2D eigenvalue weighted by molar-refractivity contribution is -0.0433. The predicted molar refractivity (Wildman–Crippen MR) is 104 cm³/mol. The highest BCUT2D eigenvalue weighted by Crippen LogP contribution is 2.44. The number of halogens is 1. The molecule has 4 nitrogen and oxygen atoms in total. The minimum atomic E-state index is -0.226. The molecule has 2 aliphatic rings. The molecule has 5 heteroatoms. The summed E-state index contributed by atoms with van der Waals surface area (Å²) in [6, 6.07) is 14.5. The van der Waals surface area contributed by atoms with E-state index < -0.39 is 0 Å². The molecular weight excluding hydrogens is 343 g/mol. The van der Waals surface area contributed by atoms with Gasteiger partial charge in [-0.05, 0) is 50.1 Å². The molecule has 1 unspecified atom stereocenters. The van der Waals surface area contributed by atoms with Crippen molar-refractivity contribution in [2.75, 3.05) is 31.6 Å². The third-order valence-electron chi connectivity index (χ3n) is 6.07. The summed E-state index contributed by atoms with van der Waals surface area (Å²) in [6.45, 7) is 4.11. The van der Waals surface area contributed by atoms with E-state index in [0.717, 1.165) is 36.2 Å². The fourth-order valence-electron chi connectivity index (χ4n) is 4.53. The van der Waals surface area contributed by atoms with Crippen LogP contribution in [0.3, 0.4) is 0 Å². The Hall–Kier alpha value is -2.40. The first-order valence-corrected chi connectivity index (χ1v) is 9.45. The number of carbonyl (C=O) groups excluding carboxylic acids is 1. The molecule has 1 spiro atoms. The number of rotatable bonds is 3. The number of likely N-dealkylation sites (tertiary alicyclic amines) is 1. The van der Waals surface area contributed by atoms with Crippen LogP contribution in [0.5, 0.6) is 0 Å². The van der Waals surface area contributed by atoms with Crippen LogP contribution in [0.15, 0.2) is 48.5 Å². The summed E-state index contributed by atoms with van der Waals surface area (Å²) in [4.78, 5) is 17.0. The molecule has 2 heterocycles. The van der Waals surface area contributed by atoms with Gasteiger partial charge in [0.1, 0.15) is 5.82 Å². The summed E-state index contributed by atoms with van der Waals surface area (Å²) in [5, 5.41) is 0. The van der Waals surface area contributed by atoms with E-state index in [0.29, 0.717) is 13.1 Å². The number of methoxy groups -OCH3 is 1. The Morgan fingerprint density at radius 2 is 1.89 bits per heavy atom. The molecule has 2 aromatic carbocycles. The lowest BCUT2D eigenvalue weighted by atomic mass is 9.73. The number of aryl methyl sites for hydroxylation is 1. The number of carbonyl (C=O) groups is 1. The van der Waals surface area contributed by atoms with Crippen LogP contribution in [0.2, 0.25) is 0 Å². The standard InChI is InChI=1S/C22H25FN2O2/c1-16-5-3-6-17(13-16)21(26)24-11-9-22(10-12-24)20(27-2)15-25(22)19-8-4-7-18(23)14-19/h3-8,13-14,20H,9-12,15H2,1-2H3. The second kappa shape index (κ2) is 6.97. The Morgan fingerprint density at radius 1 is 1.15 bits per heavy atom. The zero-order valence-electron chi connectivity index (χ0n) is 15.8. The fourth-order valence-corrected chi connectivity index (χ4v) is 4.53. The van der Waals surface area contributed by atoms with E-state index in [1.54, 1.807) is 19.2 Å². The molecule has 0 saturated carbocycles. The van der Waals surface area contributed by atoms with Crippen LogP contribution >= 0.6 is 0 Å². The first-order chi connectivity index (χ1) is 13.0. The number of nitrogens with zero attached hydrogens (tertiary/aromatic N) is 2.